The van der Waals surface area contributed by atoms with Gasteiger partial charge in [0, 0.05) is 6.07 Å². The fourth-order valence-corrected chi connectivity index (χ4v) is 1.70. The van der Waals surface area contributed by atoms with Crippen molar-refractivity contribution in [3.63, 3.8) is 0 Å². The number of amides is 1. The van der Waals surface area contributed by atoms with Gasteiger partial charge in [0.2, 0.25) is 5.88 Å². The molecule has 0 unspecified atom stereocenters. The minimum atomic E-state index is -4.96. The van der Waals surface area contributed by atoms with Gasteiger partial charge in [-0.1, -0.05) is 0 Å². The average molecular weight is 345 g/mol. The predicted octanol–water partition coefficient (Wildman–Crippen LogP) is 3.04. The van der Waals surface area contributed by atoms with E-state index in [4.69, 9.17) is 10.5 Å². The molecule has 0 bridgehead atoms. The van der Waals surface area contributed by atoms with E-state index in [0.717, 1.165) is 18.3 Å². The van der Waals surface area contributed by atoms with Gasteiger partial charge in [-0.3, -0.25) is 14.9 Å². The molecule has 0 radical (unpaired) electrons. The molecule has 2 N–H and O–H groups in total. The Hall–Kier alpha value is -3.24. The molecule has 126 valence electrons. The van der Waals surface area contributed by atoms with Crippen molar-refractivity contribution >= 4 is 11.6 Å². The van der Waals surface area contributed by atoms with Crippen LogP contribution in [0.1, 0.15) is 15.9 Å². The van der Waals surface area contributed by atoms with E-state index < -0.39 is 51.3 Å². The Morgan fingerprint density at radius 1 is 1.29 bits per heavy atom. The van der Waals surface area contributed by atoms with Gasteiger partial charge in [-0.25, -0.2) is 9.37 Å². The zero-order valence-corrected chi connectivity index (χ0v) is 11.5. The van der Waals surface area contributed by atoms with E-state index in [0.29, 0.717) is 12.1 Å². The fraction of sp³-hybridized carbons (Fsp3) is 0.0769. The van der Waals surface area contributed by atoms with Crippen LogP contribution in [0.3, 0.4) is 0 Å². The van der Waals surface area contributed by atoms with Crippen molar-refractivity contribution in [3.05, 3.63) is 57.5 Å². The molecule has 1 heterocycles. The molecule has 11 heteroatoms. The van der Waals surface area contributed by atoms with E-state index in [1.54, 1.807) is 0 Å². The highest BCUT2D eigenvalue weighted by Crippen LogP contribution is 2.35. The Morgan fingerprint density at radius 3 is 2.50 bits per heavy atom. The molecule has 1 aromatic heterocycles. The molecule has 0 fully saturated rings. The van der Waals surface area contributed by atoms with Crippen LogP contribution in [0.4, 0.5) is 23.2 Å². The molecule has 0 spiro atoms. The maximum Gasteiger partial charge on any atom is 0.419 e. The minimum absolute atomic E-state index is 0.364. The summed E-state index contributed by atoms with van der Waals surface area (Å²) in [6, 6.07) is 2.52. The number of hydrogen-bond acceptors (Lipinski definition) is 5. The van der Waals surface area contributed by atoms with E-state index in [-0.39, 0.29) is 0 Å². The molecule has 0 saturated carbocycles. The second-order valence-corrected chi connectivity index (χ2v) is 4.41. The summed E-state index contributed by atoms with van der Waals surface area (Å²) in [5.41, 5.74) is 2.38. The lowest BCUT2D eigenvalue weighted by molar-refractivity contribution is -0.385. The maximum absolute atomic E-state index is 13.2. The molecular formula is C13H7F4N3O4. The Balaban J connectivity index is 2.45. The lowest BCUT2D eigenvalue weighted by Gasteiger charge is -2.11. The molecule has 1 amide bonds. The van der Waals surface area contributed by atoms with E-state index in [1.807, 2.05) is 0 Å². The van der Waals surface area contributed by atoms with Crippen LogP contribution < -0.4 is 10.5 Å². The number of nitro groups is 1. The number of nitrogens with two attached hydrogens (primary N) is 1. The average Bonchev–Trinajstić information content (AvgIpc) is 2.48. The summed E-state index contributed by atoms with van der Waals surface area (Å²) < 4.78 is 56.2. The lowest BCUT2D eigenvalue weighted by atomic mass is 10.2. The molecular weight excluding hydrogens is 338 g/mol. The van der Waals surface area contributed by atoms with Crippen molar-refractivity contribution < 1.29 is 32.0 Å². The second-order valence-electron chi connectivity index (χ2n) is 4.41. The number of primary amides is 1. The number of nitrogens with zero attached hydrogens (tertiary/aromatic N) is 2. The highest BCUT2D eigenvalue weighted by atomic mass is 19.4. The van der Waals surface area contributed by atoms with Crippen LogP contribution in [0, 0.1) is 15.9 Å². The summed E-state index contributed by atoms with van der Waals surface area (Å²) in [5, 5.41) is 10.6. The molecule has 2 aromatic rings. The predicted molar refractivity (Wildman–Crippen MR) is 70.9 cm³/mol. The zero-order chi connectivity index (χ0) is 18.1. The summed E-state index contributed by atoms with van der Waals surface area (Å²) in [6.45, 7) is 0. The van der Waals surface area contributed by atoms with Gasteiger partial charge in [0.05, 0.1) is 10.5 Å². The fourth-order valence-electron chi connectivity index (χ4n) is 1.70. The molecule has 7 nitrogen and oxygen atoms in total. The van der Waals surface area contributed by atoms with Gasteiger partial charge in [0.1, 0.15) is 23.3 Å². The second kappa shape index (κ2) is 6.10. The first-order chi connectivity index (χ1) is 11.1. The van der Waals surface area contributed by atoms with Gasteiger partial charge < -0.3 is 10.5 Å². The number of benzene rings is 1. The number of rotatable bonds is 4. The summed E-state index contributed by atoms with van der Waals surface area (Å²) >= 11 is 0. The van der Waals surface area contributed by atoms with Gasteiger partial charge in [-0.15, -0.1) is 0 Å². The number of alkyl halides is 3. The normalized spacial score (nSPS) is 11.2. The number of hydrogen-bond donors (Lipinski definition) is 1. The number of halogens is 4. The smallest absolute Gasteiger partial charge is 0.419 e. The first-order valence-corrected chi connectivity index (χ1v) is 6.08. The minimum Gasteiger partial charge on any atom is -0.438 e. The van der Waals surface area contributed by atoms with Crippen LogP contribution >= 0.6 is 0 Å². The van der Waals surface area contributed by atoms with Crippen molar-refractivity contribution in [2.75, 3.05) is 0 Å². The molecule has 0 aliphatic rings. The number of carbonyl (C=O) groups is 1. The standard InChI is InChI=1S/C13H7F4N3O4/c14-10-2-1-7(4-9(10)13(15,16)17)24-12-8(11(18)21)3-6(5-19-12)20(22)23/h1-5H,(H2,18,21). The Kier molecular flexibility index (Phi) is 4.35. The highest BCUT2D eigenvalue weighted by molar-refractivity contribution is 5.95. The molecule has 0 atom stereocenters. The van der Waals surface area contributed by atoms with Crippen molar-refractivity contribution in [1.29, 1.82) is 0 Å². The van der Waals surface area contributed by atoms with E-state index >= 15 is 0 Å². The number of carbonyl (C=O) groups excluding carboxylic acids is 1. The number of ether oxygens (including phenoxy) is 1. The van der Waals surface area contributed by atoms with Gasteiger partial charge in [-0.2, -0.15) is 13.2 Å². The van der Waals surface area contributed by atoms with Gasteiger partial charge in [0.15, 0.2) is 0 Å². The molecule has 24 heavy (non-hydrogen) atoms. The number of pyridine rings is 1. The van der Waals surface area contributed by atoms with E-state index in [2.05, 4.69) is 4.98 Å². The van der Waals surface area contributed by atoms with Crippen molar-refractivity contribution in [2.24, 2.45) is 5.73 Å². The van der Waals surface area contributed by atoms with Crippen molar-refractivity contribution in [2.45, 2.75) is 6.18 Å². The van der Waals surface area contributed by atoms with Crippen LogP contribution in [0.5, 0.6) is 11.6 Å². The van der Waals surface area contributed by atoms with E-state index in [9.17, 15) is 32.5 Å². The first kappa shape index (κ1) is 17.1. The third kappa shape index (κ3) is 3.56. The summed E-state index contributed by atoms with van der Waals surface area (Å²) in [6.07, 6.45) is -4.23. The monoisotopic (exact) mass is 345 g/mol. The largest absolute Gasteiger partial charge is 0.438 e. The summed E-state index contributed by atoms with van der Waals surface area (Å²) in [5.74, 6) is -3.68. The van der Waals surface area contributed by atoms with Crippen LogP contribution in [-0.2, 0) is 6.18 Å². The number of aromatic nitrogens is 1. The van der Waals surface area contributed by atoms with Gasteiger partial charge >= 0.3 is 6.18 Å². The van der Waals surface area contributed by atoms with Crippen molar-refractivity contribution in [1.82, 2.24) is 4.98 Å². The zero-order valence-electron chi connectivity index (χ0n) is 11.5. The molecule has 0 aliphatic heterocycles. The van der Waals surface area contributed by atoms with Crippen LogP contribution in [0.2, 0.25) is 0 Å². The van der Waals surface area contributed by atoms with Crippen LogP contribution in [0.15, 0.2) is 30.5 Å². The van der Waals surface area contributed by atoms with Gasteiger partial charge in [-0.05, 0) is 18.2 Å². The Labute approximate surface area is 130 Å². The third-order valence-corrected chi connectivity index (χ3v) is 2.77. The van der Waals surface area contributed by atoms with Crippen LogP contribution in [-0.4, -0.2) is 15.8 Å². The molecule has 0 aliphatic carbocycles. The summed E-state index contributed by atoms with van der Waals surface area (Å²) in [7, 11) is 0. The quantitative estimate of drug-likeness (QED) is 0.520. The molecule has 1 aromatic carbocycles. The van der Waals surface area contributed by atoms with Crippen molar-refractivity contribution in [3.8, 4) is 11.6 Å². The van der Waals surface area contributed by atoms with Crippen LogP contribution in [0.25, 0.3) is 0 Å². The van der Waals surface area contributed by atoms with E-state index in [1.165, 1.54) is 0 Å². The summed E-state index contributed by atoms with van der Waals surface area (Å²) in [4.78, 5) is 24.6. The third-order valence-electron chi connectivity index (χ3n) is 2.77. The van der Waals surface area contributed by atoms with Gasteiger partial charge in [0.25, 0.3) is 11.6 Å². The Morgan fingerprint density at radius 2 is 1.96 bits per heavy atom. The first-order valence-electron chi connectivity index (χ1n) is 6.08. The molecule has 2 rings (SSSR count). The highest BCUT2D eigenvalue weighted by Gasteiger charge is 2.34. The Bertz CT molecular complexity index is 823. The maximum atomic E-state index is 13.2. The molecule has 0 saturated heterocycles. The topological polar surface area (TPSA) is 108 Å². The SMILES string of the molecule is NC(=O)c1cc([N+](=O)[O-])cnc1Oc1ccc(F)c(C(F)(F)F)c1. The lowest BCUT2D eigenvalue weighted by Crippen LogP contribution is -2.14.